The van der Waals surface area contributed by atoms with E-state index in [1.807, 2.05) is 6.92 Å². The van der Waals surface area contributed by atoms with Crippen molar-refractivity contribution in [1.82, 2.24) is 5.32 Å². The van der Waals surface area contributed by atoms with E-state index in [0.717, 1.165) is 13.9 Å². The summed E-state index contributed by atoms with van der Waals surface area (Å²) < 4.78 is 5.19. The summed E-state index contributed by atoms with van der Waals surface area (Å²) in [6, 6.07) is 0. The zero-order valence-corrected chi connectivity index (χ0v) is 11.4. The Morgan fingerprint density at radius 3 is 2.59 bits per heavy atom. The normalized spacial score (nSPS) is 15.8. The van der Waals surface area contributed by atoms with E-state index in [0.29, 0.717) is 5.92 Å². The van der Waals surface area contributed by atoms with E-state index in [2.05, 4.69) is 19.2 Å². The van der Waals surface area contributed by atoms with Gasteiger partial charge in [0.15, 0.2) is 0 Å². The molecule has 0 saturated heterocycles. The summed E-state index contributed by atoms with van der Waals surface area (Å²) in [4.78, 5) is 11.4. The van der Waals surface area contributed by atoms with Gasteiger partial charge in [0.05, 0.1) is 0 Å². The van der Waals surface area contributed by atoms with Crippen molar-refractivity contribution < 1.29 is 14.6 Å². The largest absolute Gasteiger partial charge is 0.452 e. The highest BCUT2D eigenvalue weighted by Crippen LogP contribution is 2.15. The number of hydrogen-bond acceptors (Lipinski definition) is 3. The Morgan fingerprint density at radius 2 is 2.06 bits per heavy atom. The second-order valence-electron chi connectivity index (χ2n) is 4.78. The molecule has 0 saturated carbocycles. The van der Waals surface area contributed by atoms with Gasteiger partial charge >= 0.3 is 13.6 Å². The highest BCUT2D eigenvalue weighted by atomic mass is 16.6. The third-order valence-electron chi connectivity index (χ3n) is 2.66. The second-order valence-corrected chi connectivity index (χ2v) is 4.78. The zero-order chi connectivity index (χ0) is 13.3. The third kappa shape index (κ3) is 9.04. The molecule has 0 aliphatic heterocycles. The standard InChI is InChI=1S/C12H25BNO3/c1-5-6-7-9(2)8-10(3)17-12(15)14-11(4)13-16/h9-11,16H,5-8H2,1-4H3,(H,14,15). The quantitative estimate of drug-likeness (QED) is 0.642. The van der Waals surface area contributed by atoms with E-state index in [9.17, 15) is 4.79 Å². The molecule has 3 atom stereocenters. The number of ether oxygens (including phenoxy) is 1. The van der Waals surface area contributed by atoms with E-state index in [1.165, 1.54) is 19.3 Å². The first-order valence-corrected chi connectivity index (χ1v) is 6.44. The van der Waals surface area contributed by atoms with Crippen molar-refractivity contribution in [3.8, 4) is 0 Å². The maximum Gasteiger partial charge on any atom is 0.407 e. The molecule has 1 amide bonds. The van der Waals surface area contributed by atoms with Crippen LogP contribution in [0.25, 0.3) is 0 Å². The van der Waals surface area contributed by atoms with Gasteiger partial charge in [0, 0.05) is 5.94 Å². The molecule has 0 rings (SSSR count). The molecule has 0 aliphatic carbocycles. The average Bonchev–Trinajstić information content (AvgIpc) is 2.25. The van der Waals surface area contributed by atoms with Crippen LogP contribution >= 0.6 is 0 Å². The summed E-state index contributed by atoms with van der Waals surface area (Å²) in [5.74, 6) is 0.187. The summed E-state index contributed by atoms with van der Waals surface area (Å²) in [5.41, 5.74) is 0. The minimum Gasteiger partial charge on any atom is -0.452 e. The third-order valence-corrected chi connectivity index (χ3v) is 2.66. The Bertz CT molecular complexity index is 214. The lowest BCUT2D eigenvalue weighted by molar-refractivity contribution is 0.0921. The molecule has 4 nitrogen and oxygen atoms in total. The van der Waals surface area contributed by atoms with Crippen molar-refractivity contribution in [2.24, 2.45) is 5.92 Å². The monoisotopic (exact) mass is 242 g/mol. The molecular formula is C12H25BNO3. The van der Waals surface area contributed by atoms with Crippen LogP contribution in [-0.2, 0) is 4.74 Å². The fourth-order valence-electron chi connectivity index (χ4n) is 1.73. The molecule has 0 aliphatic rings. The van der Waals surface area contributed by atoms with Gasteiger partial charge in [-0.15, -0.1) is 0 Å². The summed E-state index contributed by atoms with van der Waals surface area (Å²) in [6.45, 7) is 7.93. The van der Waals surface area contributed by atoms with Crippen molar-refractivity contribution in [2.45, 2.75) is 65.4 Å². The van der Waals surface area contributed by atoms with Gasteiger partial charge in [-0.1, -0.05) is 33.1 Å². The van der Waals surface area contributed by atoms with Crippen LogP contribution in [0.1, 0.15) is 53.4 Å². The van der Waals surface area contributed by atoms with Crippen molar-refractivity contribution in [3.63, 3.8) is 0 Å². The first-order valence-electron chi connectivity index (χ1n) is 6.44. The van der Waals surface area contributed by atoms with E-state index >= 15 is 0 Å². The van der Waals surface area contributed by atoms with Crippen LogP contribution in [0, 0.1) is 5.92 Å². The van der Waals surface area contributed by atoms with Crippen LogP contribution in [-0.4, -0.2) is 30.6 Å². The molecule has 3 unspecified atom stereocenters. The van der Waals surface area contributed by atoms with Crippen LogP contribution in [0.4, 0.5) is 4.79 Å². The highest BCUT2D eigenvalue weighted by molar-refractivity contribution is 6.28. The maximum absolute atomic E-state index is 11.4. The van der Waals surface area contributed by atoms with Gasteiger partial charge in [0.2, 0.25) is 0 Å². The van der Waals surface area contributed by atoms with E-state index in [4.69, 9.17) is 9.76 Å². The van der Waals surface area contributed by atoms with Crippen molar-refractivity contribution in [1.29, 1.82) is 0 Å². The average molecular weight is 242 g/mol. The Hall–Kier alpha value is -0.705. The molecule has 0 aromatic rings. The lowest BCUT2D eigenvalue weighted by Gasteiger charge is -2.19. The SMILES string of the molecule is CCCCC(C)CC(C)OC(=O)NC(C)[B]O. The number of nitrogens with one attached hydrogen (secondary N) is 1. The van der Waals surface area contributed by atoms with E-state index < -0.39 is 6.09 Å². The van der Waals surface area contributed by atoms with Gasteiger partial charge in [-0.25, -0.2) is 4.79 Å². The minimum atomic E-state index is -0.474. The number of amides is 1. The molecule has 2 N–H and O–H groups in total. The van der Waals surface area contributed by atoms with Crippen LogP contribution < -0.4 is 5.32 Å². The van der Waals surface area contributed by atoms with Crippen LogP contribution in [0.2, 0.25) is 0 Å². The Labute approximate surface area is 105 Å². The fourth-order valence-corrected chi connectivity index (χ4v) is 1.73. The van der Waals surface area contributed by atoms with E-state index in [-0.39, 0.29) is 12.0 Å². The first-order chi connectivity index (χ1) is 7.99. The van der Waals surface area contributed by atoms with Gasteiger partial charge in [-0.05, 0) is 26.2 Å². The number of carbonyl (C=O) groups excluding carboxylic acids is 1. The molecule has 17 heavy (non-hydrogen) atoms. The molecule has 1 radical (unpaired) electrons. The topological polar surface area (TPSA) is 58.6 Å². The molecule has 0 fully saturated rings. The van der Waals surface area contributed by atoms with Crippen LogP contribution in [0.3, 0.4) is 0 Å². The number of hydrogen-bond donors (Lipinski definition) is 2. The summed E-state index contributed by atoms with van der Waals surface area (Å²) in [6.07, 6.45) is 3.91. The lowest BCUT2D eigenvalue weighted by Crippen LogP contribution is -2.38. The van der Waals surface area contributed by atoms with Crippen molar-refractivity contribution >= 4 is 13.6 Å². The minimum absolute atomic E-state index is 0.0900. The van der Waals surface area contributed by atoms with Crippen molar-refractivity contribution in [2.75, 3.05) is 0 Å². The molecule has 0 aromatic carbocycles. The van der Waals surface area contributed by atoms with Crippen LogP contribution in [0.15, 0.2) is 0 Å². The van der Waals surface area contributed by atoms with Crippen molar-refractivity contribution in [3.05, 3.63) is 0 Å². The van der Waals surface area contributed by atoms with Gasteiger partial charge < -0.3 is 15.1 Å². The molecule has 99 valence electrons. The molecular weight excluding hydrogens is 217 g/mol. The smallest absolute Gasteiger partial charge is 0.407 e. The van der Waals surface area contributed by atoms with Gasteiger partial charge in [0.25, 0.3) is 0 Å². The summed E-state index contributed by atoms with van der Waals surface area (Å²) in [7, 11) is 0.926. The van der Waals surface area contributed by atoms with Gasteiger partial charge in [0.1, 0.15) is 6.10 Å². The molecule has 0 heterocycles. The Balaban J connectivity index is 3.76. The number of carbonyl (C=O) groups is 1. The molecule has 0 bridgehead atoms. The maximum atomic E-state index is 11.4. The molecule has 5 heteroatoms. The molecule has 0 aromatic heterocycles. The van der Waals surface area contributed by atoms with Gasteiger partial charge in [-0.2, -0.15) is 0 Å². The van der Waals surface area contributed by atoms with Gasteiger partial charge in [-0.3, -0.25) is 0 Å². The van der Waals surface area contributed by atoms with Crippen LogP contribution in [0.5, 0.6) is 0 Å². The lowest BCUT2D eigenvalue weighted by atomic mass is 9.91. The second kappa shape index (κ2) is 9.34. The Morgan fingerprint density at radius 1 is 1.41 bits per heavy atom. The number of alkyl carbamates (subject to hydrolysis) is 1. The highest BCUT2D eigenvalue weighted by Gasteiger charge is 2.14. The fraction of sp³-hybridized carbons (Fsp3) is 0.917. The summed E-state index contributed by atoms with van der Waals surface area (Å²) >= 11 is 0. The molecule has 0 spiro atoms. The first kappa shape index (κ1) is 16.3. The zero-order valence-electron chi connectivity index (χ0n) is 11.4. The predicted octanol–water partition coefficient (Wildman–Crippen LogP) is 2.28. The van der Waals surface area contributed by atoms with E-state index in [1.54, 1.807) is 6.92 Å². The Kier molecular flexibility index (Phi) is 8.95. The summed E-state index contributed by atoms with van der Waals surface area (Å²) in [5, 5.41) is 11.2. The number of rotatable bonds is 8. The number of unbranched alkanes of at least 4 members (excludes halogenated alkanes) is 1. The predicted molar refractivity (Wildman–Crippen MR) is 69.8 cm³/mol.